The molecule has 0 spiro atoms. The van der Waals surface area contributed by atoms with Crippen molar-refractivity contribution >= 4 is 17.7 Å². The normalized spacial score (nSPS) is 20.2. The van der Waals surface area contributed by atoms with Crippen LogP contribution in [0.3, 0.4) is 0 Å². The fraction of sp³-hybridized carbons (Fsp3) is 0.556. The third-order valence-corrected chi connectivity index (χ3v) is 5.53. The van der Waals surface area contributed by atoms with Crippen molar-refractivity contribution in [3.05, 3.63) is 29.8 Å². The molecule has 1 aromatic rings. The summed E-state index contributed by atoms with van der Waals surface area (Å²) in [5.74, 6) is 0.954. The number of hydrogen-bond acceptors (Lipinski definition) is 3. The van der Waals surface area contributed by atoms with E-state index in [9.17, 15) is 9.59 Å². The second-order valence-corrected chi connectivity index (χ2v) is 6.84. The van der Waals surface area contributed by atoms with E-state index in [0.29, 0.717) is 30.5 Å². The fourth-order valence-corrected chi connectivity index (χ4v) is 4.03. The number of nitrogens with zero attached hydrogens (tertiary/aromatic N) is 2. The number of carbonyl (C=O) groups excluding carboxylic acids is 1. The summed E-state index contributed by atoms with van der Waals surface area (Å²) in [5, 5.41) is 9.04. The summed E-state index contributed by atoms with van der Waals surface area (Å²) in [6.07, 6.45) is 3.49. The Morgan fingerprint density at radius 1 is 0.917 bits per heavy atom. The van der Waals surface area contributed by atoms with Crippen LogP contribution in [-0.2, 0) is 0 Å². The first kappa shape index (κ1) is 16.6. The Bertz CT molecular complexity index is 586. The van der Waals surface area contributed by atoms with E-state index in [4.69, 9.17) is 10.8 Å². The van der Waals surface area contributed by atoms with Crippen molar-refractivity contribution in [1.29, 1.82) is 0 Å². The van der Waals surface area contributed by atoms with Crippen LogP contribution in [0.15, 0.2) is 24.3 Å². The number of likely N-dealkylation sites (tertiary alicyclic amines) is 1. The minimum atomic E-state index is -0.789. The molecule has 1 aromatic carbocycles. The number of benzene rings is 1. The van der Waals surface area contributed by atoms with Gasteiger partial charge in [-0.05, 0) is 61.8 Å². The summed E-state index contributed by atoms with van der Waals surface area (Å²) in [5.41, 5.74) is 6.96. The predicted molar refractivity (Wildman–Crippen MR) is 92.2 cm³/mol. The van der Waals surface area contributed by atoms with Crippen LogP contribution in [0.25, 0.3) is 0 Å². The zero-order chi connectivity index (χ0) is 17.1. The van der Waals surface area contributed by atoms with Gasteiger partial charge in [0.05, 0.1) is 0 Å². The monoisotopic (exact) mass is 331 g/mol. The van der Waals surface area contributed by atoms with Gasteiger partial charge in [0.1, 0.15) is 0 Å². The average molecular weight is 331 g/mol. The zero-order valence-electron chi connectivity index (χ0n) is 13.9. The quantitative estimate of drug-likeness (QED) is 0.890. The van der Waals surface area contributed by atoms with Crippen molar-refractivity contribution in [3.63, 3.8) is 0 Å². The Balaban J connectivity index is 1.51. The smallest absolute Gasteiger partial charge is 0.407 e. The van der Waals surface area contributed by atoms with Crippen LogP contribution < -0.4 is 10.6 Å². The summed E-state index contributed by atoms with van der Waals surface area (Å²) >= 11 is 0. The highest BCUT2D eigenvalue weighted by Gasteiger charge is 2.30. The maximum atomic E-state index is 11.1. The van der Waals surface area contributed by atoms with Gasteiger partial charge in [-0.25, -0.2) is 4.79 Å². The van der Waals surface area contributed by atoms with Crippen LogP contribution in [0.4, 0.5) is 10.5 Å². The molecule has 3 rings (SSSR count). The van der Waals surface area contributed by atoms with Crippen LogP contribution >= 0.6 is 0 Å². The molecule has 2 amide bonds. The molecule has 2 aliphatic rings. The molecule has 24 heavy (non-hydrogen) atoms. The van der Waals surface area contributed by atoms with E-state index in [1.165, 1.54) is 4.90 Å². The number of primary amides is 1. The third-order valence-electron chi connectivity index (χ3n) is 5.53. The average Bonchev–Trinajstić information content (AvgIpc) is 2.62. The number of hydrogen-bond donors (Lipinski definition) is 2. The highest BCUT2D eigenvalue weighted by Crippen LogP contribution is 2.33. The Morgan fingerprint density at radius 3 is 1.88 bits per heavy atom. The van der Waals surface area contributed by atoms with Gasteiger partial charge in [0.25, 0.3) is 0 Å². The van der Waals surface area contributed by atoms with Crippen molar-refractivity contribution in [3.8, 4) is 0 Å². The lowest BCUT2D eigenvalue weighted by Gasteiger charge is -2.40. The van der Waals surface area contributed by atoms with E-state index in [-0.39, 0.29) is 0 Å². The molecular formula is C18H25N3O3. The number of anilines is 1. The van der Waals surface area contributed by atoms with Gasteiger partial charge >= 0.3 is 6.09 Å². The highest BCUT2D eigenvalue weighted by atomic mass is 16.4. The molecule has 0 saturated carbocycles. The molecule has 2 aliphatic heterocycles. The number of carboxylic acid groups (broad SMARTS) is 1. The Morgan fingerprint density at radius 2 is 1.42 bits per heavy atom. The van der Waals surface area contributed by atoms with Gasteiger partial charge in [-0.2, -0.15) is 0 Å². The molecule has 0 bridgehead atoms. The molecule has 6 heteroatoms. The highest BCUT2D eigenvalue weighted by molar-refractivity contribution is 5.93. The van der Waals surface area contributed by atoms with Gasteiger partial charge < -0.3 is 20.6 Å². The Kier molecular flexibility index (Phi) is 4.92. The van der Waals surface area contributed by atoms with Crippen LogP contribution in [0, 0.1) is 11.8 Å². The maximum Gasteiger partial charge on any atom is 0.407 e. The molecule has 130 valence electrons. The molecule has 0 aliphatic carbocycles. The molecular weight excluding hydrogens is 306 g/mol. The fourth-order valence-electron chi connectivity index (χ4n) is 4.03. The lowest BCUT2D eigenvalue weighted by atomic mass is 9.79. The second-order valence-electron chi connectivity index (χ2n) is 6.84. The summed E-state index contributed by atoms with van der Waals surface area (Å²) in [6, 6.07) is 7.49. The minimum Gasteiger partial charge on any atom is -0.465 e. The molecule has 3 N–H and O–H groups in total. The summed E-state index contributed by atoms with van der Waals surface area (Å²) < 4.78 is 0. The number of piperidine rings is 2. The van der Waals surface area contributed by atoms with E-state index >= 15 is 0 Å². The molecule has 2 fully saturated rings. The Hall–Kier alpha value is -2.24. The topological polar surface area (TPSA) is 86.9 Å². The standard InChI is InChI=1S/C18H25N3O3/c19-17(22)15-1-3-16(4-2-15)20-9-5-13(6-10-20)14-7-11-21(12-8-14)18(23)24/h1-4,13-14H,5-12H2,(H2,19,22)(H,23,24). The molecule has 0 aromatic heterocycles. The van der Waals surface area contributed by atoms with Crippen molar-refractivity contribution in [2.45, 2.75) is 25.7 Å². The van der Waals surface area contributed by atoms with Crippen molar-refractivity contribution in [2.24, 2.45) is 17.6 Å². The number of nitrogens with two attached hydrogens (primary N) is 1. The summed E-state index contributed by atoms with van der Waals surface area (Å²) in [4.78, 5) is 26.0. The molecule has 2 heterocycles. The zero-order valence-corrected chi connectivity index (χ0v) is 13.9. The largest absolute Gasteiger partial charge is 0.465 e. The first-order valence-electron chi connectivity index (χ1n) is 8.67. The predicted octanol–water partition coefficient (Wildman–Crippen LogP) is 2.39. The summed E-state index contributed by atoms with van der Waals surface area (Å²) in [6.45, 7) is 3.38. The van der Waals surface area contributed by atoms with Gasteiger partial charge in [0.2, 0.25) is 5.91 Å². The van der Waals surface area contributed by atoms with Crippen LogP contribution in [0.5, 0.6) is 0 Å². The first-order valence-corrected chi connectivity index (χ1v) is 8.67. The molecule has 2 saturated heterocycles. The van der Waals surface area contributed by atoms with Gasteiger partial charge in [0, 0.05) is 37.4 Å². The number of amides is 2. The van der Waals surface area contributed by atoms with E-state index in [0.717, 1.165) is 44.5 Å². The molecule has 0 unspecified atom stereocenters. The lowest BCUT2D eigenvalue weighted by molar-refractivity contribution is 0.0999. The van der Waals surface area contributed by atoms with Crippen molar-refractivity contribution in [2.75, 3.05) is 31.1 Å². The van der Waals surface area contributed by atoms with E-state index in [1.807, 2.05) is 12.1 Å². The van der Waals surface area contributed by atoms with Crippen LogP contribution in [-0.4, -0.2) is 48.2 Å². The lowest BCUT2D eigenvalue weighted by Crippen LogP contribution is -2.42. The summed E-state index contributed by atoms with van der Waals surface area (Å²) in [7, 11) is 0. The first-order chi connectivity index (χ1) is 11.5. The minimum absolute atomic E-state index is 0.395. The van der Waals surface area contributed by atoms with E-state index in [2.05, 4.69) is 4.90 Å². The molecule has 0 radical (unpaired) electrons. The van der Waals surface area contributed by atoms with E-state index < -0.39 is 12.0 Å². The van der Waals surface area contributed by atoms with E-state index in [1.54, 1.807) is 12.1 Å². The Labute approximate surface area is 142 Å². The maximum absolute atomic E-state index is 11.1. The molecule has 6 nitrogen and oxygen atoms in total. The van der Waals surface area contributed by atoms with Crippen LogP contribution in [0.2, 0.25) is 0 Å². The third kappa shape index (κ3) is 3.63. The second kappa shape index (κ2) is 7.11. The van der Waals surface area contributed by atoms with Gasteiger partial charge in [0.15, 0.2) is 0 Å². The van der Waals surface area contributed by atoms with Gasteiger partial charge in [-0.3, -0.25) is 4.79 Å². The van der Waals surface area contributed by atoms with Crippen molar-refractivity contribution in [1.82, 2.24) is 4.90 Å². The van der Waals surface area contributed by atoms with Crippen molar-refractivity contribution < 1.29 is 14.7 Å². The van der Waals surface area contributed by atoms with Gasteiger partial charge in [-0.15, -0.1) is 0 Å². The molecule has 0 atom stereocenters. The van der Waals surface area contributed by atoms with Gasteiger partial charge in [-0.1, -0.05) is 0 Å². The van der Waals surface area contributed by atoms with Crippen LogP contribution in [0.1, 0.15) is 36.0 Å². The number of carbonyl (C=O) groups is 2. The SMILES string of the molecule is NC(=O)c1ccc(N2CCC(C3CCN(C(=O)O)CC3)CC2)cc1. The number of rotatable bonds is 3.